The van der Waals surface area contributed by atoms with E-state index in [4.69, 9.17) is 16.9 Å². The van der Waals surface area contributed by atoms with Crippen LogP contribution in [0.4, 0.5) is 37.7 Å². The van der Waals surface area contributed by atoms with Crippen molar-refractivity contribution in [2.24, 2.45) is 0 Å². The highest BCUT2D eigenvalue weighted by Gasteiger charge is 2.36. The largest absolute Gasteiger partial charge is 0.416 e. The molecule has 0 bridgehead atoms. The molecule has 152 valence electrons. The van der Waals surface area contributed by atoms with E-state index in [0.29, 0.717) is 23.4 Å². The fourth-order valence-electron chi connectivity index (χ4n) is 2.07. The number of carbonyl (C=O) groups excluding carboxylic acids is 1. The zero-order valence-corrected chi connectivity index (χ0v) is 14.9. The number of halogens is 7. The number of alkyl halides is 6. The highest BCUT2D eigenvalue weighted by atomic mass is 35.5. The van der Waals surface area contributed by atoms with Gasteiger partial charge < -0.3 is 10.6 Å². The second-order valence-corrected chi connectivity index (χ2v) is 6.01. The number of benzene rings is 2. The molecule has 0 aliphatic heterocycles. The fourth-order valence-corrected chi connectivity index (χ4v) is 2.20. The first kappa shape index (κ1) is 22.1. The molecule has 0 heterocycles. The van der Waals surface area contributed by atoms with Gasteiger partial charge in [0.05, 0.1) is 11.1 Å². The molecule has 0 aliphatic rings. The van der Waals surface area contributed by atoms with Gasteiger partial charge in [-0.3, -0.25) is 4.79 Å². The maximum atomic E-state index is 12.9. The van der Waals surface area contributed by atoms with E-state index in [0.717, 1.165) is 0 Å². The van der Waals surface area contributed by atoms with Crippen LogP contribution in [0.5, 0.6) is 0 Å². The number of hydrogen-bond acceptors (Lipinski definition) is 3. The first-order valence-electron chi connectivity index (χ1n) is 7.63. The summed E-state index contributed by atoms with van der Waals surface area (Å²) < 4.78 is 77.2. The highest BCUT2D eigenvalue weighted by molar-refractivity contribution is 6.30. The molecule has 0 saturated carbocycles. The van der Waals surface area contributed by atoms with Gasteiger partial charge in [-0.1, -0.05) is 11.6 Å². The van der Waals surface area contributed by atoms with Crippen LogP contribution in [0.15, 0.2) is 54.2 Å². The summed E-state index contributed by atoms with van der Waals surface area (Å²) in [6.45, 7) is 0. The van der Waals surface area contributed by atoms with Crippen LogP contribution in [0, 0.1) is 11.3 Å². The number of carbonyl (C=O) groups is 1. The van der Waals surface area contributed by atoms with E-state index in [1.165, 1.54) is 30.3 Å². The lowest BCUT2D eigenvalue weighted by atomic mass is 10.1. The fraction of sp³-hybridized carbons (Fsp3) is 0.111. The Labute approximate surface area is 165 Å². The average molecular weight is 434 g/mol. The molecule has 2 N–H and O–H groups in total. The van der Waals surface area contributed by atoms with Crippen LogP contribution in [-0.4, -0.2) is 5.91 Å². The Balaban J connectivity index is 2.28. The number of nitrogens with zero attached hydrogens (tertiary/aromatic N) is 1. The van der Waals surface area contributed by atoms with Gasteiger partial charge in [-0.25, -0.2) is 0 Å². The third kappa shape index (κ3) is 6.15. The highest BCUT2D eigenvalue weighted by Crippen LogP contribution is 2.37. The zero-order chi connectivity index (χ0) is 21.8. The summed E-state index contributed by atoms with van der Waals surface area (Å²) in [7, 11) is 0. The maximum absolute atomic E-state index is 12.9. The number of hydrogen-bond donors (Lipinski definition) is 2. The number of amides is 1. The van der Waals surface area contributed by atoms with Crippen molar-refractivity contribution < 1.29 is 31.1 Å². The Bertz CT molecular complexity index is 943. The topological polar surface area (TPSA) is 64.9 Å². The van der Waals surface area contributed by atoms with Gasteiger partial charge in [0.25, 0.3) is 5.91 Å². The van der Waals surface area contributed by atoms with Crippen LogP contribution in [0.3, 0.4) is 0 Å². The SMILES string of the molecule is N#C/C(=C\Nc1cc(C(F)(F)F)cc(C(F)(F)F)c1)C(=O)Nc1ccc(Cl)cc1. The van der Waals surface area contributed by atoms with Crippen molar-refractivity contribution in [2.75, 3.05) is 10.6 Å². The van der Waals surface area contributed by atoms with Crippen molar-refractivity contribution in [1.82, 2.24) is 0 Å². The normalized spacial score (nSPS) is 12.3. The molecule has 2 aromatic rings. The molecular weight excluding hydrogens is 424 g/mol. The van der Waals surface area contributed by atoms with Crippen LogP contribution >= 0.6 is 11.6 Å². The Hall–Kier alpha value is -3.19. The summed E-state index contributed by atoms with van der Waals surface area (Å²) in [6.07, 6.45) is -9.34. The molecule has 0 aliphatic carbocycles. The molecule has 4 nitrogen and oxygen atoms in total. The van der Waals surface area contributed by atoms with E-state index in [2.05, 4.69) is 10.6 Å². The molecule has 2 aromatic carbocycles. The smallest absolute Gasteiger partial charge is 0.360 e. The van der Waals surface area contributed by atoms with Gasteiger partial charge in [0, 0.05) is 22.6 Å². The van der Waals surface area contributed by atoms with Gasteiger partial charge in [-0.15, -0.1) is 0 Å². The van der Waals surface area contributed by atoms with Crippen LogP contribution in [0.25, 0.3) is 0 Å². The second kappa shape index (κ2) is 8.45. The lowest BCUT2D eigenvalue weighted by molar-refractivity contribution is -0.143. The summed E-state index contributed by atoms with van der Waals surface area (Å²) in [5.41, 5.74) is -3.97. The van der Waals surface area contributed by atoms with Crippen LogP contribution in [0.1, 0.15) is 11.1 Å². The van der Waals surface area contributed by atoms with Gasteiger partial charge >= 0.3 is 12.4 Å². The Morgan fingerprint density at radius 1 is 0.931 bits per heavy atom. The molecule has 29 heavy (non-hydrogen) atoms. The lowest BCUT2D eigenvalue weighted by Crippen LogP contribution is -2.15. The maximum Gasteiger partial charge on any atom is 0.416 e. The minimum atomic E-state index is -5.02. The van der Waals surface area contributed by atoms with Crippen LogP contribution in [0.2, 0.25) is 5.02 Å². The molecule has 0 radical (unpaired) electrons. The molecule has 0 spiro atoms. The van der Waals surface area contributed by atoms with E-state index in [9.17, 15) is 31.1 Å². The first-order chi connectivity index (χ1) is 13.4. The average Bonchev–Trinajstić information content (AvgIpc) is 2.62. The van der Waals surface area contributed by atoms with Crippen LogP contribution in [-0.2, 0) is 17.1 Å². The van der Waals surface area contributed by atoms with Gasteiger partial charge in [0.15, 0.2) is 0 Å². The lowest BCUT2D eigenvalue weighted by Gasteiger charge is -2.14. The van der Waals surface area contributed by atoms with Crippen molar-refractivity contribution >= 4 is 28.9 Å². The summed E-state index contributed by atoms with van der Waals surface area (Å²) in [5, 5.41) is 13.9. The summed E-state index contributed by atoms with van der Waals surface area (Å²) >= 11 is 5.70. The van der Waals surface area contributed by atoms with Gasteiger partial charge in [0.1, 0.15) is 11.6 Å². The van der Waals surface area contributed by atoms with Crippen molar-refractivity contribution in [3.05, 3.63) is 70.4 Å². The molecule has 11 heteroatoms. The Morgan fingerprint density at radius 3 is 1.90 bits per heavy atom. The molecule has 0 unspecified atom stereocenters. The number of rotatable bonds is 4. The number of anilines is 2. The van der Waals surface area contributed by atoms with Crippen molar-refractivity contribution in [2.45, 2.75) is 12.4 Å². The van der Waals surface area contributed by atoms with E-state index in [-0.39, 0.29) is 11.8 Å². The van der Waals surface area contributed by atoms with Crippen molar-refractivity contribution in [3.63, 3.8) is 0 Å². The van der Waals surface area contributed by atoms with Crippen molar-refractivity contribution in [3.8, 4) is 6.07 Å². The number of nitrogens with one attached hydrogen (secondary N) is 2. The zero-order valence-electron chi connectivity index (χ0n) is 14.1. The molecule has 0 aromatic heterocycles. The molecule has 1 amide bonds. The van der Waals surface area contributed by atoms with E-state index >= 15 is 0 Å². The first-order valence-corrected chi connectivity index (χ1v) is 8.01. The molecule has 0 fully saturated rings. The van der Waals surface area contributed by atoms with E-state index < -0.39 is 40.6 Å². The Kier molecular flexibility index (Phi) is 6.44. The summed E-state index contributed by atoms with van der Waals surface area (Å²) in [5.74, 6) is -0.926. The van der Waals surface area contributed by atoms with Gasteiger partial charge in [-0.2, -0.15) is 31.6 Å². The third-order valence-corrected chi connectivity index (χ3v) is 3.69. The van der Waals surface area contributed by atoms with Crippen molar-refractivity contribution in [1.29, 1.82) is 5.26 Å². The Morgan fingerprint density at radius 2 is 1.45 bits per heavy atom. The predicted molar refractivity (Wildman–Crippen MR) is 93.8 cm³/mol. The van der Waals surface area contributed by atoms with Gasteiger partial charge in [-0.05, 0) is 42.5 Å². The predicted octanol–water partition coefficient (Wildman–Crippen LogP) is 5.84. The molecule has 2 rings (SSSR count). The molecule has 0 saturated heterocycles. The monoisotopic (exact) mass is 433 g/mol. The third-order valence-electron chi connectivity index (χ3n) is 3.44. The number of nitriles is 1. The minimum absolute atomic E-state index is 0.0344. The van der Waals surface area contributed by atoms with Gasteiger partial charge in [0.2, 0.25) is 0 Å². The minimum Gasteiger partial charge on any atom is -0.360 e. The van der Waals surface area contributed by atoms with E-state index in [1.54, 1.807) is 0 Å². The second-order valence-electron chi connectivity index (χ2n) is 5.57. The summed E-state index contributed by atoms with van der Waals surface area (Å²) in [4.78, 5) is 12.1. The van der Waals surface area contributed by atoms with Crippen LogP contribution < -0.4 is 10.6 Å². The standard InChI is InChI=1S/C18H10ClF6N3O/c19-13-1-3-14(4-2-13)28-16(29)10(8-26)9-27-15-6-11(17(20,21)22)5-12(7-15)18(23,24)25/h1-7,9,27H,(H,28,29)/b10-9+. The van der Waals surface area contributed by atoms with E-state index in [1.807, 2.05) is 0 Å². The molecule has 0 atom stereocenters. The molecular formula is C18H10ClF6N3O. The quantitative estimate of drug-likeness (QED) is 0.362. The summed E-state index contributed by atoms with van der Waals surface area (Å²) in [6, 6.07) is 8.13.